The molecule has 8 nitrogen and oxygen atoms in total. The molecule has 0 bridgehead atoms. The second kappa shape index (κ2) is 9.35. The lowest BCUT2D eigenvalue weighted by Crippen LogP contribution is -2.11. The summed E-state index contributed by atoms with van der Waals surface area (Å²) >= 11 is 3.46. The Balaban J connectivity index is 0.00000136. The molecular weight excluding hydrogens is 446 g/mol. The lowest BCUT2D eigenvalue weighted by molar-refractivity contribution is 0.399. The molecule has 0 radical (unpaired) electrons. The van der Waals surface area contributed by atoms with Crippen molar-refractivity contribution in [2.24, 2.45) is 5.92 Å². The molecule has 0 fully saturated rings. The lowest BCUT2D eigenvalue weighted by Gasteiger charge is -2.13. The molecule has 0 amide bonds. The van der Waals surface area contributed by atoms with Crippen molar-refractivity contribution in [3.05, 3.63) is 41.0 Å². The van der Waals surface area contributed by atoms with Gasteiger partial charge in [-0.1, -0.05) is 13.8 Å². The molecule has 0 atom stereocenters. The summed E-state index contributed by atoms with van der Waals surface area (Å²) in [5.41, 5.74) is 1.44. The van der Waals surface area contributed by atoms with E-state index in [0.717, 1.165) is 35.5 Å². The first kappa shape index (κ1) is 22.1. The topological polar surface area (TPSA) is 109 Å². The van der Waals surface area contributed by atoms with E-state index in [2.05, 4.69) is 50.5 Å². The third-order valence-corrected chi connectivity index (χ3v) is 5.36. The highest BCUT2D eigenvalue weighted by molar-refractivity contribution is 9.10. The minimum Gasteiger partial charge on any atom is -0.400 e. The largest absolute Gasteiger partial charge is 0.400 e. The summed E-state index contributed by atoms with van der Waals surface area (Å²) in [6, 6.07) is 8.48. The van der Waals surface area contributed by atoms with E-state index < -0.39 is 9.84 Å². The van der Waals surface area contributed by atoms with Crippen LogP contribution >= 0.6 is 15.9 Å². The highest BCUT2D eigenvalue weighted by Gasteiger charge is 2.12. The normalized spacial score (nSPS) is 11.2. The number of sulfone groups is 1. The van der Waals surface area contributed by atoms with Gasteiger partial charge in [0.1, 0.15) is 11.6 Å². The Kier molecular flexibility index (Phi) is 7.39. The number of aromatic nitrogens is 3. The first-order valence-electron chi connectivity index (χ1n) is 8.54. The first-order chi connectivity index (χ1) is 13.2. The molecule has 1 aromatic carbocycles. The van der Waals surface area contributed by atoms with E-state index in [1.807, 2.05) is 6.07 Å². The van der Waals surface area contributed by atoms with Gasteiger partial charge in [0.25, 0.3) is 0 Å². The molecule has 0 unspecified atom stereocenters. The van der Waals surface area contributed by atoms with Gasteiger partial charge in [-0.25, -0.2) is 13.4 Å². The van der Waals surface area contributed by atoms with Gasteiger partial charge in [0.15, 0.2) is 15.5 Å². The summed E-state index contributed by atoms with van der Waals surface area (Å²) in [6.07, 6.45) is 2.88. The van der Waals surface area contributed by atoms with Gasteiger partial charge < -0.3 is 15.7 Å². The van der Waals surface area contributed by atoms with E-state index in [0.29, 0.717) is 11.6 Å². The van der Waals surface area contributed by atoms with E-state index in [4.69, 9.17) is 5.11 Å². The zero-order valence-corrected chi connectivity index (χ0v) is 18.5. The summed E-state index contributed by atoms with van der Waals surface area (Å²) in [5, 5.41) is 17.9. The Morgan fingerprint density at radius 3 is 2.43 bits per heavy atom. The van der Waals surface area contributed by atoms with Crippen molar-refractivity contribution in [2.75, 3.05) is 30.5 Å². The first-order valence-corrected chi connectivity index (χ1v) is 11.2. The van der Waals surface area contributed by atoms with Crippen molar-refractivity contribution in [1.29, 1.82) is 0 Å². The number of aliphatic hydroxyl groups is 1. The van der Waals surface area contributed by atoms with Crippen LogP contribution in [0, 0.1) is 5.92 Å². The van der Waals surface area contributed by atoms with Crippen LogP contribution in [-0.2, 0) is 9.84 Å². The van der Waals surface area contributed by atoms with Crippen molar-refractivity contribution in [2.45, 2.75) is 18.7 Å². The molecule has 3 aromatic rings. The summed E-state index contributed by atoms with van der Waals surface area (Å²) in [5.74, 6) is 1.95. The number of hydrogen-bond acceptors (Lipinski definition) is 7. The quantitative estimate of drug-likeness (QED) is 0.507. The van der Waals surface area contributed by atoms with Crippen molar-refractivity contribution in [3.63, 3.8) is 0 Å². The van der Waals surface area contributed by atoms with Crippen LogP contribution in [-0.4, -0.2) is 48.0 Å². The number of aliphatic hydroxyl groups excluding tert-OH is 1. The van der Waals surface area contributed by atoms with Crippen molar-refractivity contribution >= 4 is 48.7 Å². The van der Waals surface area contributed by atoms with E-state index in [-0.39, 0.29) is 4.90 Å². The zero-order chi connectivity index (χ0) is 20.9. The monoisotopic (exact) mass is 469 g/mol. The van der Waals surface area contributed by atoms with Crippen LogP contribution in [0.3, 0.4) is 0 Å². The Labute approximate surface area is 173 Å². The maximum Gasteiger partial charge on any atom is 0.175 e. The van der Waals surface area contributed by atoms with Gasteiger partial charge >= 0.3 is 0 Å². The Morgan fingerprint density at radius 2 is 1.86 bits per heavy atom. The molecule has 3 N–H and O–H groups in total. The van der Waals surface area contributed by atoms with Crippen LogP contribution in [0.4, 0.5) is 17.3 Å². The van der Waals surface area contributed by atoms with Gasteiger partial charge in [-0.3, -0.25) is 0 Å². The summed E-state index contributed by atoms with van der Waals surface area (Å²) in [6.45, 7) is 5.06. The van der Waals surface area contributed by atoms with E-state index in [1.165, 1.54) is 6.26 Å². The highest BCUT2D eigenvalue weighted by atomic mass is 79.9. The van der Waals surface area contributed by atoms with Crippen LogP contribution in [0.15, 0.2) is 45.9 Å². The molecule has 0 spiro atoms. The second-order valence-electron chi connectivity index (χ2n) is 6.45. The Morgan fingerprint density at radius 1 is 1.21 bits per heavy atom. The lowest BCUT2D eigenvalue weighted by atomic mass is 10.2. The smallest absolute Gasteiger partial charge is 0.175 e. The minimum absolute atomic E-state index is 0.282. The molecule has 152 valence electrons. The van der Waals surface area contributed by atoms with Gasteiger partial charge in [-0.15, -0.1) is 0 Å². The SMILES string of the molecule is CC(C)CNc1cc(Nc2ccc(S(C)(=O)=O)cc2)n2ncc(Br)c2n1.CO. The van der Waals surface area contributed by atoms with Gasteiger partial charge in [-0.2, -0.15) is 9.61 Å². The van der Waals surface area contributed by atoms with Crippen molar-refractivity contribution in [3.8, 4) is 0 Å². The Hall–Kier alpha value is -2.17. The number of fused-ring (bicyclic) bond motifs is 1. The van der Waals surface area contributed by atoms with Gasteiger partial charge in [-0.05, 0) is 46.1 Å². The number of benzene rings is 1. The van der Waals surface area contributed by atoms with Crippen molar-refractivity contribution in [1.82, 2.24) is 14.6 Å². The number of rotatable bonds is 6. The number of nitrogens with zero attached hydrogens (tertiary/aromatic N) is 3. The molecule has 0 aliphatic heterocycles. The van der Waals surface area contributed by atoms with Crippen LogP contribution in [0.25, 0.3) is 5.65 Å². The number of halogens is 1. The molecule has 0 aliphatic rings. The highest BCUT2D eigenvalue weighted by Crippen LogP contribution is 2.25. The molecule has 3 rings (SSSR count). The summed E-state index contributed by atoms with van der Waals surface area (Å²) in [7, 11) is -2.22. The average Bonchev–Trinajstić information content (AvgIpc) is 3.03. The van der Waals surface area contributed by atoms with Crippen LogP contribution in [0.5, 0.6) is 0 Å². The fourth-order valence-electron chi connectivity index (χ4n) is 2.36. The van der Waals surface area contributed by atoms with E-state index in [9.17, 15) is 8.42 Å². The van der Waals surface area contributed by atoms with Crippen LogP contribution in [0.2, 0.25) is 0 Å². The molecule has 28 heavy (non-hydrogen) atoms. The fraction of sp³-hybridized carbons (Fsp3) is 0.333. The zero-order valence-electron chi connectivity index (χ0n) is 16.1. The minimum atomic E-state index is -3.22. The number of hydrogen-bond donors (Lipinski definition) is 3. The summed E-state index contributed by atoms with van der Waals surface area (Å²) in [4.78, 5) is 4.86. The molecule has 0 saturated heterocycles. The van der Waals surface area contributed by atoms with Crippen molar-refractivity contribution < 1.29 is 13.5 Å². The van der Waals surface area contributed by atoms with E-state index >= 15 is 0 Å². The molecule has 0 aliphatic carbocycles. The third kappa shape index (κ3) is 5.43. The third-order valence-electron chi connectivity index (χ3n) is 3.68. The predicted molar refractivity (Wildman–Crippen MR) is 115 cm³/mol. The van der Waals surface area contributed by atoms with Gasteiger partial charge in [0, 0.05) is 31.7 Å². The molecule has 2 heterocycles. The number of anilines is 3. The van der Waals surface area contributed by atoms with Gasteiger partial charge in [0.05, 0.1) is 15.6 Å². The standard InChI is InChI=1S/C17H20BrN5O2S.CH4O/c1-11(2)9-19-15-8-16(23-17(22-15)14(18)10-20-23)21-12-4-6-13(7-5-12)26(3,24)25;1-2/h4-8,10-11,21H,9H2,1-3H3,(H,19,22);2H,1H3. The molecular formula is C18H24BrN5O3S. The average molecular weight is 470 g/mol. The van der Waals surface area contributed by atoms with E-state index in [1.54, 1.807) is 35.0 Å². The molecule has 0 saturated carbocycles. The maximum atomic E-state index is 11.6. The predicted octanol–water partition coefficient (Wildman–Crippen LogP) is 3.32. The molecule has 10 heteroatoms. The molecule has 2 aromatic heterocycles. The number of nitrogens with one attached hydrogen (secondary N) is 2. The fourth-order valence-corrected chi connectivity index (χ4v) is 3.34. The van der Waals surface area contributed by atoms with Crippen LogP contribution in [0.1, 0.15) is 13.8 Å². The Bertz CT molecular complexity index is 1030. The summed E-state index contributed by atoms with van der Waals surface area (Å²) < 4.78 is 25.7. The van der Waals surface area contributed by atoms with Gasteiger partial charge in [0.2, 0.25) is 0 Å². The second-order valence-corrected chi connectivity index (χ2v) is 9.32. The maximum absolute atomic E-state index is 11.6. The van der Waals surface area contributed by atoms with Crippen LogP contribution < -0.4 is 10.6 Å².